The van der Waals surface area contributed by atoms with E-state index in [1.165, 1.54) is 11.8 Å². The molecule has 1 heterocycles. The van der Waals surface area contributed by atoms with Crippen LogP contribution in [-0.4, -0.2) is 26.4 Å². The van der Waals surface area contributed by atoms with Crippen molar-refractivity contribution < 1.29 is 4.79 Å². The monoisotopic (exact) mass is 442 g/mol. The van der Waals surface area contributed by atoms with Crippen LogP contribution < -0.4 is 5.32 Å². The van der Waals surface area contributed by atoms with E-state index in [1.807, 2.05) is 59.3 Å². The Labute approximate surface area is 171 Å². The molecule has 5 nitrogen and oxygen atoms in total. The van der Waals surface area contributed by atoms with Crippen LogP contribution in [0.4, 0.5) is 5.69 Å². The van der Waals surface area contributed by atoms with Gasteiger partial charge in [-0.25, -0.2) is 9.67 Å². The average Bonchev–Trinajstić information content (AvgIpc) is 3.06. The van der Waals surface area contributed by atoms with E-state index in [4.69, 9.17) is 0 Å². The Kier molecular flexibility index (Phi) is 6.84. The van der Waals surface area contributed by atoms with Crippen molar-refractivity contribution in [1.29, 1.82) is 0 Å². The quantitative estimate of drug-likeness (QED) is 0.393. The molecule has 3 aromatic rings. The first-order valence-electron chi connectivity index (χ1n) is 8.45. The number of allylic oxidation sites excluding steroid dienone is 1. The second-order valence-electron chi connectivity index (χ2n) is 5.71. The van der Waals surface area contributed by atoms with Crippen molar-refractivity contribution in [3.05, 3.63) is 71.7 Å². The first-order chi connectivity index (χ1) is 13.2. The fourth-order valence-electron chi connectivity index (χ4n) is 2.42. The lowest BCUT2D eigenvalue weighted by Gasteiger charge is -2.03. The van der Waals surface area contributed by atoms with Crippen LogP contribution in [-0.2, 0) is 11.3 Å². The number of amides is 1. The maximum Gasteiger partial charge on any atom is 0.225 e. The van der Waals surface area contributed by atoms with E-state index in [1.54, 1.807) is 6.08 Å². The Bertz CT molecular complexity index is 909. The summed E-state index contributed by atoms with van der Waals surface area (Å²) in [7, 11) is 0. The van der Waals surface area contributed by atoms with Crippen molar-refractivity contribution in [3.63, 3.8) is 0 Å². The van der Waals surface area contributed by atoms with Gasteiger partial charge in [0.15, 0.2) is 5.82 Å². The molecule has 0 aliphatic heterocycles. The summed E-state index contributed by atoms with van der Waals surface area (Å²) in [5, 5.41) is 8.07. The first kappa shape index (κ1) is 19.4. The number of nitrogens with zero attached hydrogens (tertiary/aromatic N) is 3. The number of carbonyl (C=O) groups is 1. The zero-order valence-electron chi connectivity index (χ0n) is 14.6. The Hall–Kier alpha value is -2.38. The van der Waals surface area contributed by atoms with Gasteiger partial charge >= 0.3 is 0 Å². The molecule has 138 valence electrons. The van der Waals surface area contributed by atoms with Crippen molar-refractivity contribution in [2.24, 2.45) is 0 Å². The molecule has 0 radical (unpaired) electrons. The number of nitrogens with one attached hydrogen (secondary N) is 1. The number of aromatic nitrogens is 3. The molecule has 0 spiro atoms. The van der Waals surface area contributed by atoms with Gasteiger partial charge in [-0.15, -0.1) is 11.7 Å². The molecule has 0 saturated heterocycles. The summed E-state index contributed by atoms with van der Waals surface area (Å²) in [5.74, 6) is 1.38. The zero-order valence-corrected chi connectivity index (χ0v) is 17.0. The lowest BCUT2D eigenvalue weighted by Crippen LogP contribution is -2.12. The average molecular weight is 443 g/mol. The smallest absolute Gasteiger partial charge is 0.225 e. The van der Waals surface area contributed by atoms with Crippen LogP contribution in [0.3, 0.4) is 0 Å². The molecule has 1 aromatic heterocycles. The van der Waals surface area contributed by atoms with Crippen LogP contribution in [0.15, 0.2) is 76.9 Å². The van der Waals surface area contributed by atoms with E-state index < -0.39 is 0 Å². The van der Waals surface area contributed by atoms with Gasteiger partial charge < -0.3 is 5.32 Å². The molecule has 0 aliphatic carbocycles. The van der Waals surface area contributed by atoms with Gasteiger partial charge in [-0.3, -0.25) is 4.79 Å². The predicted molar refractivity (Wildman–Crippen MR) is 114 cm³/mol. The van der Waals surface area contributed by atoms with Crippen LogP contribution in [0.5, 0.6) is 0 Å². The number of halogens is 1. The molecule has 1 amide bonds. The van der Waals surface area contributed by atoms with Crippen LogP contribution in [0.25, 0.3) is 11.4 Å². The molecule has 0 saturated carbocycles. The highest BCUT2D eigenvalue weighted by Crippen LogP contribution is 2.24. The van der Waals surface area contributed by atoms with E-state index in [0.29, 0.717) is 23.9 Å². The van der Waals surface area contributed by atoms with Crippen molar-refractivity contribution in [2.45, 2.75) is 18.1 Å². The van der Waals surface area contributed by atoms with Crippen molar-refractivity contribution in [3.8, 4) is 11.4 Å². The van der Waals surface area contributed by atoms with Crippen LogP contribution in [0.2, 0.25) is 0 Å². The Morgan fingerprint density at radius 1 is 1.19 bits per heavy atom. The number of rotatable bonds is 8. The fraction of sp³-hybridized carbons (Fsp3) is 0.150. The number of para-hydroxylation sites is 1. The summed E-state index contributed by atoms with van der Waals surface area (Å²) < 4.78 is 2.84. The second-order valence-corrected chi connectivity index (χ2v) is 7.69. The third kappa shape index (κ3) is 5.55. The number of hydrogen-bond donors (Lipinski definition) is 1. The third-order valence-electron chi connectivity index (χ3n) is 3.67. The van der Waals surface area contributed by atoms with Gasteiger partial charge in [-0.2, -0.15) is 0 Å². The molecule has 3 rings (SSSR count). The largest absolute Gasteiger partial charge is 0.326 e. The molecule has 2 aromatic carbocycles. The highest BCUT2D eigenvalue weighted by atomic mass is 79.9. The topological polar surface area (TPSA) is 59.8 Å². The van der Waals surface area contributed by atoms with Crippen LogP contribution in [0.1, 0.15) is 6.42 Å². The lowest BCUT2D eigenvalue weighted by atomic mass is 10.2. The molecular formula is C20H19BrN4OS. The van der Waals surface area contributed by atoms with Crippen molar-refractivity contribution >= 4 is 39.3 Å². The summed E-state index contributed by atoms with van der Waals surface area (Å²) >= 11 is 4.91. The molecule has 0 atom stereocenters. The standard InChI is InChI=1S/C20H19BrN4OS/c1-2-13-25-19(15-8-10-16(21)11-9-15)23-20(24-25)27-14-12-18(26)22-17-6-4-3-5-7-17/h2-11H,1,12-14H2,(H,22,26). The number of anilines is 1. The van der Waals surface area contributed by atoms with E-state index in [0.717, 1.165) is 21.5 Å². The Balaban J connectivity index is 1.61. The predicted octanol–water partition coefficient (Wildman–Crippen LogP) is 5.01. The molecule has 7 heteroatoms. The number of thioether (sulfide) groups is 1. The number of benzene rings is 2. The second kappa shape index (κ2) is 9.53. The maximum absolute atomic E-state index is 12.0. The van der Waals surface area contributed by atoms with Gasteiger partial charge in [-0.1, -0.05) is 64.1 Å². The number of hydrogen-bond acceptors (Lipinski definition) is 4. The molecule has 0 fully saturated rings. The zero-order chi connectivity index (χ0) is 19.1. The van der Waals surface area contributed by atoms with Gasteiger partial charge in [0.2, 0.25) is 11.1 Å². The van der Waals surface area contributed by atoms with Gasteiger partial charge in [-0.05, 0) is 24.3 Å². The number of carbonyl (C=O) groups excluding carboxylic acids is 1. The maximum atomic E-state index is 12.0. The summed E-state index contributed by atoms with van der Waals surface area (Å²) in [6.07, 6.45) is 2.18. The van der Waals surface area contributed by atoms with Crippen LogP contribution in [0, 0.1) is 0 Å². The first-order valence-corrected chi connectivity index (χ1v) is 10.2. The minimum absolute atomic E-state index is 0.0210. The normalized spacial score (nSPS) is 10.6. The van der Waals surface area contributed by atoms with Crippen molar-refractivity contribution in [1.82, 2.24) is 14.8 Å². The highest BCUT2D eigenvalue weighted by Gasteiger charge is 2.12. The van der Waals surface area contributed by atoms with Gasteiger partial charge in [0.1, 0.15) is 0 Å². The van der Waals surface area contributed by atoms with E-state index in [9.17, 15) is 4.79 Å². The van der Waals surface area contributed by atoms with Gasteiger partial charge in [0.25, 0.3) is 0 Å². The van der Waals surface area contributed by atoms with Crippen molar-refractivity contribution in [2.75, 3.05) is 11.1 Å². The van der Waals surface area contributed by atoms with E-state index in [-0.39, 0.29) is 5.91 Å². The SMILES string of the molecule is C=CCn1nc(SCCC(=O)Nc2ccccc2)nc1-c1ccc(Br)cc1. The molecule has 0 unspecified atom stereocenters. The summed E-state index contributed by atoms with van der Waals surface area (Å²) in [6, 6.07) is 17.4. The summed E-state index contributed by atoms with van der Waals surface area (Å²) in [4.78, 5) is 16.7. The fourth-order valence-corrected chi connectivity index (χ4v) is 3.47. The minimum Gasteiger partial charge on any atom is -0.326 e. The molecule has 27 heavy (non-hydrogen) atoms. The molecule has 0 aliphatic rings. The molecule has 0 bridgehead atoms. The van der Waals surface area contributed by atoms with Gasteiger partial charge in [0.05, 0.1) is 6.54 Å². The van der Waals surface area contributed by atoms with Gasteiger partial charge in [0, 0.05) is 27.9 Å². The minimum atomic E-state index is -0.0210. The Morgan fingerprint density at radius 3 is 2.63 bits per heavy atom. The molecule has 1 N–H and O–H groups in total. The Morgan fingerprint density at radius 2 is 1.93 bits per heavy atom. The van der Waals surface area contributed by atoms with Crippen LogP contribution >= 0.6 is 27.7 Å². The summed E-state index contributed by atoms with van der Waals surface area (Å²) in [6.45, 7) is 4.36. The van der Waals surface area contributed by atoms with E-state index in [2.05, 4.69) is 37.9 Å². The van der Waals surface area contributed by atoms with E-state index >= 15 is 0 Å². The summed E-state index contributed by atoms with van der Waals surface area (Å²) in [5.41, 5.74) is 1.79. The molecular weight excluding hydrogens is 424 g/mol. The lowest BCUT2D eigenvalue weighted by molar-refractivity contribution is -0.115. The third-order valence-corrected chi connectivity index (χ3v) is 5.04. The highest BCUT2D eigenvalue weighted by molar-refractivity contribution is 9.10.